The Morgan fingerprint density at radius 1 is 1.11 bits per heavy atom. The molecule has 5 rings (SSSR count). The van der Waals surface area contributed by atoms with Gasteiger partial charge < -0.3 is 14.8 Å². The van der Waals surface area contributed by atoms with Crippen LogP contribution in [0.15, 0.2) is 36.8 Å². The lowest BCUT2D eigenvalue weighted by molar-refractivity contribution is 0.0497. The number of aryl methyl sites for hydroxylation is 1. The SMILES string of the molecule is Cc1ncc(C(C)NC(=O)c2cc(OCC3CCOCC3)cc(-c3ncc(C4CCC4)s3)c2)cn1. The van der Waals surface area contributed by atoms with Gasteiger partial charge in [0.1, 0.15) is 16.6 Å². The van der Waals surface area contributed by atoms with Crippen molar-refractivity contribution in [3.63, 3.8) is 0 Å². The molecule has 1 unspecified atom stereocenters. The Hall–Kier alpha value is -2.84. The molecule has 1 amide bonds. The first-order chi connectivity index (χ1) is 17.0. The van der Waals surface area contributed by atoms with Gasteiger partial charge in [0, 0.05) is 53.4 Å². The zero-order valence-electron chi connectivity index (χ0n) is 20.3. The number of thiazole rings is 1. The second-order valence-electron chi connectivity index (χ2n) is 9.57. The summed E-state index contributed by atoms with van der Waals surface area (Å²) in [6.45, 7) is 5.96. The van der Waals surface area contributed by atoms with Crippen LogP contribution in [0.25, 0.3) is 10.6 Å². The predicted molar refractivity (Wildman–Crippen MR) is 136 cm³/mol. The summed E-state index contributed by atoms with van der Waals surface area (Å²) in [5.74, 6) is 2.35. The summed E-state index contributed by atoms with van der Waals surface area (Å²) in [6.07, 6.45) is 11.3. The van der Waals surface area contributed by atoms with E-state index in [4.69, 9.17) is 14.5 Å². The largest absolute Gasteiger partial charge is 0.493 e. The monoisotopic (exact) mass is 492 g/mol. The molecule has 1 saturated heterocycles. The number of nitrogens with zero attached hydrogens (tertiary/aromatic N) is 3. The number of ether oxygens (including phenoxy) is 2. The maximum Gasteiger partial charge on any atom is 0.251 e. The third-order valence-corrected chi connectivity index (χ3v) is 8.13. The number of rotatable bonds is 8. The van der Waals surface area contributed by atoms with E-state index in [0.29, 0.717) is 35.6 Å². The molecule has 8 heteroatoms. The van der Waals surface area contributed by atoms with Crippen molar-refractivity contribution in [2.24, 2.45) is 5.92 Å². The molecule has 1 aromatic carbocycles. The highest BCUT2D eigenvalue weighted by Gasteiger charge is 2.23. The fourth-order valence-corrected chi connectivity index (χ4v) is 5.43. The zero-order chi connectivity index (χ0) is 24.2. The van der Waals surface area contributed by atoms with Gasteiger partial charge in [-0.1, -0.05) is 6.42 Å². The van der Waals surface area contributed by atoms with Gasteiger partial charge in [-0.2, -0.15) is 0 Å². The minimum Gasteiger partial charge on any atom is -0.493 e. The Labute approximate surface area is 210 Å². The first kappa shape index (κ1) is 23.9. The second-order valence-corrected chi connectivity index (χ2v) is 10.6. The average Bonchev–Trinajstić information content (AvgIpc) is 3.32. The Morgan fingerprint density at radius 3 is 2.60 bits per heavy atom. The maximum atomic E-state index is 13.3. The van der Waals surface area contributed by atoms with Crippen molar-refractivity contribution in [2.45, 2.75) is 57.9 Å². The Morgan fingerprint density at radius 2 is 1.89 bits per heavy atom. The number of aromatic nitrogens is 3. The van der Waals surface area contributed by atoms with E-state index < -0.39 is 0 Å². The molecular formula is C27H32N4O3S. The molecule has 3 aromatic rings. The topological polar surface area (TPSA) is 86.2 Å². The molecule has 1 saturated carbocycles. The molecule has 184 valence electrons. The molecule has 35 heavy (non-hydrogen) atoms. The third kappa shape index (κ3) is 5.87. The smallest absolute Gasteiger partial charge is 0.251 e. The molecule has 2 aliphatic rings. The number of amides is 1. The number of benzene rings is 1. The van der Waals surface area contributed by atoms with E-state index in [1.807, 2.05) is 38.2 Å². The highest BCUT2D eigenvalue weighted by Crippen LogP contribution is 2.41. The predicted octanol–water partition coefficient (Wildman–Crippen LogP) is 5.47. The van der Waals surface area contributed by atoms with Crippen molar-refractivity contribution in [3.05, 3.63) is 58.6 Å². The standard InChI is InChI=1S/C27H32N4O3S/c1-17(23-13-28-18(2)29-14-23)31-26(32)21-10-22(27-30-15-25(35-27)20-4-3-5-20)12-24(11-21)34-16-19-6-8-33-9-7-19/h10-15,17,19-20H,3-9,16H2,1-2H3,(H,31,32). The molecule has 7 nitrogen and oxygen atoms in total. The van der Waals surface area contributed by atoms with Crippen LogP contribution in [0.4, 0.5) is 0 Å². The summed E-state index contributed by atoms with van der Waals surface area (Å²) in [7, 11) is 0. The van der Waals surface area contributed by atoms with Crippen molar-refractivity contribution >= 4 is 17.2 Å². The Kier molecular flexibility index (Phi) is 7.39. The quantitative estimate of drug-likeness (QED) is 0.449. The fraction of sp³-hybridized carbons (Fsp3) is 0.481. The molecule has 1 atom stereocenters. The van der Waals surface area contributed by atoms with Crippen LogP contribution in [0.5, 0.6) is 5.75 Å². The van der Waals surface area contributed by atoms with Crippen LogP contribution in [0.2, 0.25) is 0 Å². The van der Waals surface area contributed by atoms with Crippen molar-refractivity contribution < 1.29 is 14.3 Å². The van der Waals surface area contributed by atoms with E-state index in [9.17, 15) is 4.79 Å². The first-order valence-corrected chi connectivity index (χ1v) is 13.3. The summed E-state index contributed by atoms with van der Waals surface area (Å²) in [6, 6.07) is 5.54. The van der Waals surface area contributed by atoms with E-state index in [-0.39, 0.29) is 11.9 Å². The van der Waals surface area contributed by atoms with Crippen molar-refractivity contribution in [3.8, 4) is 16.3 Å². The summed E-state index contributed by atoms with van der Waals surface area (Å²) in [4.78, 5) is 27.8. The van der Waals surface area contributed by atoms with Gasteiger partial charge in [-0.05, 0) is 69.6 Å². The molecule has 0 radical (unpaired) electrons. The van der Waals surface area contributed by atoms with Crippen LogP contribution in [-0.4, -0.2) is 40.7 Å². The summed E-state index contributed by atoms with van der Waals surface area (Å²) in [5, 5.41) is 4.01. The molecule has 0 spiro atoms. The summed E-state index contributed by atoms with van der Waals surface area (Å²) < 4.78 is 11.7. The van der Waals surface area contributed by atoms with E-state index in [1.165, 1.54) is 24.1 Å². The van der Waals surface area contributed by atoms with E-state index in [1.54, 1.807) is 23.7 Å². The van der Waals surface area contributed by atoms with Crippen molar-refractivity contribution in [2.75, 3.05) is 19.8 Å². The van der Waals surface area contributed by atoms with Crippen LogP contribution in [-0.2, 0) is 4.74 Å². The summed E-state index contributed by atoms with van der Waals surface area (Å²) >= 11 is 1.73. The Balaban J connectivity index is 1.37. The molecule has 1 N–H and O–H groups in total. The lowest BCUT2D eigenvalue weighted by atomic mass is 9.85. The second kappa shape index (κ2) is 10.8. The maximum absolute atomic E-state index is 13.3. The van der Waals surface area contributed by atoms with Crippen LogP contribution >= 0.6 is 11.3 Å². The van der Waals surface area contributed by atoms with E-state index >= 15 is 0 Å². The molecule has 0 bridgehead atoms. The number of nitrogens with one attached hydrogen (secondary N) is 1. The van der Waals surface area contributed by atoms with Gasteiger partial charge in [-0.15, -0.1) is 11.3 Å². The molecular weight excluding hydrogens is 460 g/mol. The van der Waals surface area contributed by atoms with Crippen LogP contribution in [0, 0.1) is 12.8 Å². The molecule has 1 aliphatic heterocycles. The van der Waals surface area contributed by atoms with Gasteiger partial charge in [0.15, 0.2) is 0 Å². The van der Waals surface area contributed by atoms with E-state index in [2.05, 4.69) is 15.3 Å². The third-order valence-electron chi connectivity index (χ3n) is 6.92. The highest BCUT2D eigenvalue weighted by atomic mass is 32.1. The molecule has 3 heterocycles. The number of carbonyl (C=O) groups excluding carboxylic acids is 1. The lowest BCUT2D eigenvalue weighted by Gasteiger charge is -2.23. The van der Waals surface area contributed by atoms with Crippen LogP contribution in [0.3, 0.4) is 0 Å². The van der Waals surface area contributed by atoms with Gasteiger partial charge in [0.05, 0.1) is 12.6 Å². The number of hydrogen-bond donors (Lipinski definition) is 1. The number of hydrogen-bond acceptors (Lipinski definition) is 7. The first-order valence-electron chi connectivity index (χ1n) is 12.5. The Bertz CT molecular complexity index is 1150. The van der Waals surface area contributed by atoms with Crippen LogP contribution < -0.4 is 10.1 Å². The van der Waals surface area contributed by atoms with Gasteiger partial charge in [0.25, 0.3) is 5.91 Å². The van der Waals surface area contributed by atoms with E-state index in [0.717, 1.165) is 42.2 Å². The minimum atomic E-state index is -0.219. The lowest BCUT2D eigenvalue weighted by Crippen LogP contribution is -2.27. The van der Waals surface area contributed by atoms with Crippen LogP contribution in [0.1, 0.15) is 77.6 Å². The normalized spacial score (nSPS) is 17.5. The van der Waals surface area contributed by atoms with Gasteiger partial charge >= 0.3 is 0 Å². The highest BCUT2D eigenvalue weighted by molar-refractivity contribution is 7.15. The van der Waals surface area contributed by atoms with Crippen molar-refractivity contribution in [1.29, 1.82) is 0 Å². The molecule has 2 aromatic heterocycles. The van der Waals surface area contributed by atoms with Gasteiger partial charge in [0.2, 0.25) is 0 Å². The van der Waals surface area contributed by atoms with Gasteiger partial charge in [-0.25, -0.2) is 15.0 Å². The zero-order valence-corrected chi connectivity index (χ0v) is 21.1. The number of carbonyl (C=O) groups is 1. The summed E-state index contributed by atoms with van der Waals surface area (Å²) in [5.41, 5.74) is 2.34. The van der Waals surface area contributed by atoms with Crippen molar-refractivity contribution in [1.82, 2.24) is 20.3 Å². The minimum absolute atomic E-state index is 0.161. The molecule has 2 fully saturated rings. The average molecular weight is 493 g/mol. The molecule has 1 aliphatic carbocycles. The fourth-order valence-electron chi connectivity index (χ4n) is 4.36. The van der Waals surface area contributed by atoms with Gasteiger partial charge in [-0.3, -0.25) is 4.79 Å².